The molecule has 4 heteroatoms. The molecule has 0 atom stereocenters. The molecular weight excluding hydrogens is 216 g/mol. The first-order chi connectivity index (χ1) is 8.15. The second kappa shape index (κ2) is 6.97. The molecular formula is C13H26N2O2. The first-order valence-corrected chi connectivity index (χ1v) is 6.76. The fraction of sp³-hybridized carbons (Fsp3) is 0.923. The van der Waals surface area contributed by atoms with E-state index in [2.05, 4.69) is 24.5 Å². The molecule has 4 nitrogen and oxygen atoms in total. The normalized spacial score (nSPS) is 17.2. The Labute approximate surface area is 104 Å². The molecule has 1 aliphatic carbocycles. The Hall–Kier alpha value is -0.610. The van der Waals surface area contributed by atoms with Gasteiger partial charge < -0.3 is 15.7 Å². The summed E-state index contributed by atoms with van der Waals surface area (Å²) in [4.78, 5) is 11.6. The molecule has 1 rings (SSSR count). The summed E-state index contributed by atoms with van der Waals surface area (Å²) in [6.45, 7) is 5.67. The van der Waals surface area contributed by atoms with Crippen LogP contribution < -0.4 is 10.6 Å². The first kappa shape index (κ1) is 14.5. The molecule has 0 spiro atoms. The fourth-order valence-corrected chi connectivity index (χ4v) is 2.14. The summed E-state index contributed by atoms with van der Waals surface area (Å²) in [6.07, 6.45) is 5.17. The summed E-state index contributed by atoms with van der Waals surface area (Å²) in [5, 5.41) is 15.1. The van der Waals surface area contributed by atoms with E-state index in [9.17, 15) is 4.79 Å². The molecule has 0 unspecified atom stereocenters. The molecule has 0 radical (unpaired) electrons. The van der Waals surface area contributed by atoms with E-state index in [0.717, 1.165) is 25.8 Å². The fourth-order valence-electron chi connectivity index (χ4n) is 2.14. The lowest BCUT2D eigenvalue weighted by atomic mass is 10.0. The molecule has 0 bridgehead atoms. The van der Waals surface area contributed by atoms with Crippen LogP contribution in [0.5, 0.6) is 0 Å². The summed E-state index contributed by atoms with van der Waals surface area (Å²) in [5.74, 6) is 0.0819. The Morgan fingerprint density at radius 2 is 2.00 bits per heavy atom. The molecule has 0 aromatic rings. The van der Waals surface area contributed by atoms with E-state index in [4.69, 9.17) is 5.11 Å². The first-order valence-electron chi connectivity index (χ1n) is 6.76. The number of aliphatic hydroxyl groups is 1. The van der Waals surface area contributed by atoms with E-state index in [0.29, 0.717) is 12.6 Å². The molecule has 1 saturated carbocycles. The van der Waals surface area contributed by atoms with Crippen molar-refractivity contribution in [2.24, 2.45) is 5.41 Å². The third-order valence-corrected chi connectivity index (χ3v) is 3.74. The van der Waals surface area contributed by atoms with E-state index >= 15 is 0 Å². The zero-order valence-electron chi connectivity index (χ0n) is 11.1. The van der Waals surface area contributed by atoms with Crippen LogP contribution in [0.15, 0.2) is 0 Å². The van der Waals surface area contributed by atoms with E-state index in [-0.39, 0.29) is 17.9 Å². The highest BCUT2D eigenvalue weighted by Gasteiger charge is 2.41. The van der Waals surface area contributed by atoms with Crippen molar-refractivity contribution in [2.45, 2.75) is 52.0 Å². The van der Waals surface area contributed by atoms with E-state index in [1.54, 1.807) is 0 Å². The Morgan fingerprint density at radius 3 is 2.47 bits per heavy atom. The van der Waals surface area contributed by atoms with Crippen molar-refractivity contribution in [1.82, 2.24) is 10.6 Å². The van der Waals surface area contributed by atoms with Crippen molar-refractivity contribution in [3.05, 3.63) is 0 Å². The van der Waals surface area contributed by atoms with Crippen LogP contribution >= 0.6 is 0 Å². The average molecular weight is 242 g/mol. The van der Waals surface area contributed by atoms with Gasteiger partial charge in [-0.15, -0.1) is 0 Å². The molecule has 100 valence electrons. The van der Waals surface area contributed by atoms with Gasteiger partial charge in [-0.2, -0.15) is 0 Å². The SMILES string of the molecule is CCC(CC)NC(=O)CNCC1(CCO)CC1. The summed E-state index contributed by atoms with van der Waals surface area (Å²) in [5.41, 5.74) is 0.282. The highest BCUT2D eigenvalue weighted by molar-refractivity contribution is 5.78. The van der Waals surface area contributed by atoms with Crippen molar-refractivity contribution < 1.29 is 9.90 Å². The third kappa shape index (κ3) is 5.04. The van der Waals surface area contributed by atoms with Gasteiger partial charge in [-0.1, -0.05) is 13.8 Å². The van der Waals surface area contributed by atoms with E-state index in [1.165, 1.54) is 12.8 Å². The lowest BCUT2D eigenvalue weighted by Gasteiger charge is -2.17. The number of aliphatic hydroxyl groups excluding tert-OH is 1. The molecule has 0 saturated heterocycles. The molecule has 3 N–H and O–H groups in total. The number of carbonyl (C=O) groups excluding carboxylic acids is 1. The minimum atomic E-state index is 0.0819. The summed E-state index contributed by atoms with van der Waals surface area (Å²) in [7, 11) is 0. The van der Waals surface area contributed by atoms with Crippen molar-refractivity contribution in [3.8, 4) is 0 Å². The van der Waals surface area contributed by atoms with Crippen LogP contribution in [0.25, 0.3) is 0 Å². The van der Waals surface area contributed by atoms with Gasteiger partial charge in [0.2, 0.25) is 5.91 Å². The van der Waals surface area contributed by atoms with Crippen molar-refractivity contribution in [2.75, 3.05) is 19.7 Å². The van der Waals surface area contributed by atoms with Gasteiger partial charge in [0.1, 0.15) is 0 Å². The molecule has 0 aromatic heterocycles. The number of carbonyl (C=O) groups is 1. The number of rotatable bonds is 9. The molecule has 0 aliphatic heterocycles. The highest BCUT2D eigenvalue weighted by Crippen LogP contribution is 2.47. The second-order valence-corrected chi connectivity index (χ2v) is 5.16. The zero-order valence-corrected chi connectivity index (χ0v) is 11.1. The monoisotopic (exact) mass is 242 g/mol. The van der Waals surface area contributed by atoms with Crippen LogP contribution in [0.3, 0.4) is 0 Å². The molecule has 1 amide bonds. The van der Waals surface area contributed by atoms with Crippen LogP contribution in [0.4, 0.5) is 0 Å². The van der Waals surface area contributed by atoms with Gasteiger partial charge in [0.15, 0.2) is 0 Å². The zero-order chi connectivity index (χ0) is 12.7. The van der Waals surface area contributed by atoms with Gasteiger partial charge in [-0.25, -0.2) is 0 Å². The van der Waals surface area contributed by atoms with Gasteiger partial charge >= 0.3 is 0 Å². The lowest BCUT2D eigenvalue weighted by molar-refractivity contribution is -0.121. The standard InChI is InChI=1S/C13H26N2O2/c1-3-11(4-2)15-12(17)9-14-10-13(5-6-13)7-8-16/h11,14,16H,3-10H2,1-2H3,(H,15,17). The van der Waals surface area contributed by atoms with Crippen LogP contribution in [0.2, 0.25) is 0 Å². The molecule has 1 fully saturated rings. The number of amides is 1. The molecule has 1 aliphatic rings. The van der Waals surface area contributed by atoms with Crippen molar-refractivity contribution in [3.63, 3.8) is 0 Å². The summed E-state index contributed by atoms with van der Waals surface area (Å²) >= 11 is 0. The average Bonchev–Trinajstić information content (AvgIpc) is 3.06. The van der Waals surface area contributed by atoms with Crippen LogP contribution in [0.1, 0.15) is 46.0 Å². The third-order valence-electron chi connectivity index (χ3n) is 3.74. The smallest absolute Gasteiger partial charge is 0.234 e. The minimum absolute atomic E-state index is 0.0819. The van der Waals surface area contributed by atoms with Gasteiger partial charge in [0.25, 0.3) is 0 Å². The minimum Gasteiger partial charge on any atom is -0.396 e. The maximum absolute atomic E-state index is 11.6. The number of hydrogen-bond acceptors (Lipinski definition) is 3. The number of hydrogen-bond donors (Lipinski definition) is 3. The maximum atomic E-state index is 11.6. The van der Waals surface area contributed by atoms with Crippen LogP contribution in [-0.4, -0.2) is 36.8 Å². The Balaban J connectivity index is 2.12. The van der Waals surface area contributed by atoms with Crippen molar-refractivity contribution in [1.29, 1.82) is 0 Å². The van der Waals surface area contributed by atoms with Gasteiger partial charge in [0.05, 0.1) is 6.54 Å². The Morgan fingerprint density at radius 1 is 1.35 bits per heavy atom. The second-order valence-electron chi connectivity index (χ2n) is 5.16. The van der Waals surface area contributed by atoms with Crippen LogP contribution in [-0.2, 0) is 4.79 Å². The molecule has 0 heterocycles. The predicted molar refractivity (Wildman–Crippen MR) is 68.8 cm³/mol. The quantitative estimate of drug-likeness (QED) is 0.566. The van der Waals surface area contributed by atoms with Crippen molar-refractivity contribution >= 4 is 5.91 Å². The summed E-state index contributed by atoms with van der Waals surface area (Å²) < 4.78 is 0. The Bertz CT molecular complexity index is 236. The maximum Gasteiger partial charge on any atom is 0.234 e. The van der Waals surface area contributed by atoms with Gasteiger partial charge in [-0.3, -0.25) is 4.79 Å². The van der Waals surface area contributed by atoms with Gasteiger partial charge in [-0.05, 0) is 37.5 Å². The number of nitrogens with one attached hydrogen (secondary N) is 2. The predicted octanol–water partition coefficient (Wildman–Crippen LogP) is 1.04. The van der Waals surface area contributed by atoms with E-state index < -0.39 is 0 Å². The Kier molecular flexibility index (Phi) is 5.92. The van der Waals surface area contributed by atoms with Gasteiger partial charge in [0, 0.05) is 19.2 Å². The largest absolute Gasteiger partial charge is 0.396 e. The molecule has 0 aromatic carbocycles. The topological polar surface area (TPSA) is 61.4 Å². The highest BCUT2D eigenvalue weighted by atomic mass is 16.3. The molecule has 17 heavy (non-hydrogen) atoms. The summed E-state index contributed by atoms with van der Waals surface area (Å²) in [6, 6.07) is 0.302. The van der Waals surface area contributed by atoms with E-state index in [1.807, 2.05) is 0 Å². The lowest BCUT2D eigenvalue weighted by Crippen LogP contribution is -2.41. The van der Waals surface area contributed by atoms with Crippen LogP contribution in [0, 0.1) is 5.41 Å².